The molecule has 1 aromatic carbocycles. The van der Waals surface area contributed by atoms with Gasteiger partial charge in [0.25, 0.3) is 5.91 Å². The smallest absolute Gasteiger partial charge is 0.264 e. The second kappa shape index (κ2) is 7.97. The fourth-order valence-electron chi connectivity index (χ4n) is 4.78. The zero-order valence-electron chi connectivity index (χ0n) is 17.7. The normalized spacial score (nSPS) is 22.0. The standard InChI is InChI=1S/C23H31N3O2/c1-16(2)26-21-7-6-18(13-20(21)17(3)14-23(26,4)5)12-19(15-24)22(27)25-8-10-28-11-9-25/h6-7,12-13,16-17H,8-11,14H2,1-5H3/b19-12-/t17-/m1/s1. The first-order valence-corrected chi connectivity index (χ1v) is 10.2. The maximum atomic E-state index is 12.7. The van der Waals surface area contributed by atoms with Crippen LogP contribution in [-0.4, -0.2) is 48.7 Å². The van der Waals surface area contributed by atoms with Crippen LogP contribution in [0.5, 0.6) is 0 Å². The van der Waals surface area contributed by atoms with Gasteiger partial charge in [0.1, 0.15) is 11.6 Å². The minimum absolute atomic E-state index is 0.0993. The molecule has 1 aromatic rings. The van der Waals surface area contributed by atoms with Crippen molar-refractivity contribution in [2.24, 2.45) is 0 Å². The lowest BCUT2D eigenvalue weighted by Crippen LogP contribution is -2.51. The lowest BCUT2D eigenvalue weighted by atomic mass is 9.79. The molecule has 0 radical (unpaired) electrons. The fourth-order valence-corrected chi connectivity index (χ4v) is 4.78. The van der Waals surface area contributed by atoms with Gasteiger partial charge in [-0.25, -0.2) is 0 Å². The summed E-state index contributed by atoms with van der Waals surface area (Å²) in [7, 11) is 0. The van der Waals surface area contributed by atoms with Gasteiger partial charge in [0.05, 0.1) is 13.2 Å². The first-order chi connectivity index (χ1) is 13.2. The third-order valence-corrected chi connectivity index (χ3v) is 5.78. The number of benzene rings is 1. The predicted molar refractivity (Wildman–Crippen MR) is 112 cm³/mol. The second-order valence-electron chi connectivity index (χ2n) is 8.77. The molecule has 5 nitrogen and oxygen atoms in total. The highest BCUT2D eigenvalue weighted by Gasteiger charge is 2.37. The molecule has 5 heteroatoms. The Kier molecular flexibility index (Phi) is 5.81. The number of rotatable bonds is 3. The number of fused-ring (bicyclic) bond motifs is 1. The third-order valence-electron chi connectivity index (χ3n) is 5.78. The molecule has 2 aliphatic heterocycles. The van der Waals surface area contributed by atoms with Crippen LogP contribution in [0, 0.1) is 11.3 Å². The highest BCUT2D eigenvalue weighted by Crippen LogP contribution is 2.44. The molecule has 2 heterocycles. The molecule has 1 amide bonds. The summed E-state index contributed by atoms with van der Waals surface area (Å²) in [6.07, 6.45) is 2.80. The molecule has 0 N–H and O–H groups in total. The van der Waals surface area contributed by atoms with Crippen molar-refractivity contribution in [3.63, 3.8) is 0 Å². The molecule has 0 spiro atoms. The molecule has 0 saturated carbocycles. The molecule has 150 valence electrons. The van der Waals surface area contributed by atoms with Crippen molar-refractivity contribution in [1.82, 2.24) is 4.90 Å². The van der Waals surface area contributed by atoms with Gasteiger partial charge in [-0.1, -0.05) is 13.0 Å². The Hall–Kier alpha value is -2.32. The summed E-state index contributed by atoms with van der Waals surface area (Å²) in [4.78, 5) is 16.9. The maximum Gasteiger partial charge on any atom is 0.264 e. The predicted octanol–water partition coefficient (Wildman–Crippen LogP) is 3.95. The van der Waals surface area contributed by atoms with Crippen LogP contribution in [0.2, 0.25) is 0 Å². The Morgan fingerprint density at radius 1 is 1.32 bits per heavy atom. The van der Waals surface area contributed by atoms with E-state index < -0.39 is 0 Å². The van der Waals surface area contributed by atoms with E-state index >= 15 is 0 Å². The number of carbonyl (C=O) groups excluding carboxylic acids is 1. The average Bonchev–Trinajstić information content (AvgIpc) is 2.65. The quantitative estimate of drug-likeness (QED) is 0.588. The van der Waals surface area contributed by atoms with Gasteiger partial charge in [0.2, 0.25) is 0 Å². The van der Waals surface area contributed by atoms with Gasteiger partial charge in [0, 0.05) is 30.4 Å². The molecule has 2 aliphatic rings. The number of nitriles is 1. The summed E-state index contributed by atoms with van der Waals surface area (Å²) in [5.41, 5.74) is 3.74. The molecule has 28 heavy (non-hydrogen) atoms. The van der Waals surface area contributed by atoms with Crippen LogP contribution in [0.3, 0.4) is 0 Å². The zero-order chi connectivity index (χ0) is 20.5. The summed E-state index contributed by atoms with van der Waals surface area (Å²) < 4.78 is 5.30. The zero-order valence-corrected chi connectivity index (χ0v) is 17.7. The van der Waals surface area contributed by atoms with Crippen molar-refractivity contribution < 1.29 is 9.53 Å². The van der Waals surface area contributed by atoms with Gasteiger partial charge < -0.3 is 14.5 Å². The average molecular weight is 382 g/mol. The number of carbonyl (C=O) groups is 1. The van der Waals surface area contributed by atoms with Crippen LogP contribution >= 0.6 is 0 Å². The molecular formula is C23H31N3O2. The molecule has 0 bridgehead atoms. The summed E-state index contributed by atoms with van der Waals surface area (Å²) in [5.74, 6) is 0.218. The van der Waals surface area contributed by atoms with E-state index in [-0.39, 0.29) is 17.0 Å². The third kappa shape index (κ3) is 3.93. The molecule has 3 rings (SSSR count). The van der Waals surface area contributed by atoms with Gasteiger partial charge in [0.15, 0.2) is 0 Å². The first kappa shape index (κ1) is 20.4. The highest BCUT2D eigenvalue weighted by atomic mass is 16.5. The van der Waals surface area contributed by atoms with E-state index in [1.54, 1.807) is 11.0 Å². The van der Waals surface area contributed by atoms with Crippen LogP contribution < -0.4 is 4.90 Å². The number of ether oxygens (including phenoxy) is 1. The number of anilines is 1. The number of amides is 1. The SMILES string of the molecule is CC(C)N1c2ccc(/C=C(/C#N)C(=O)N3CCOCC3)cc2[C@H](C)CC1(C)C. The number of nitrogens with zero attached hydrogens (tertiary/aromatic N) is 3. The van der Waals surface area contributed by atoms with Gasteiger partial charge in [-0.3, -0.25) is 4.79 Å². The van der Waals surface area contributed by atoms with Crippen LogP contribution in [0.15, 0.2) is 23.8 Å². The van der Waals surface area contributed by atoms with Crippen molar-refractivity contribution in [3.05, 3.63) is 34.9 Å². The molecule has 1 fully saturated rings. The van der Waals surface area contributed by atoms with E-state index in [1.165, 1.54) is 11.3 Å². The van der Waals surface area contributed by atoms with Crippen molar-refractivity contribution in [2.75, 3.05) is 31.2 Å². The van der Waals surface area contributed by atoms with Crippen LogP contribution in [-0.2, 0) is 9.53 Å². The van der Waals surface area contributed by atoms with E-state index in [0.717, 1.165) is 12.0 Å². The summed E-state index contributed by atoms with van der Waals surface area (Å²) >= 11 is 0. The summed E-state index contributed by atoms with van der Waals surface area (Å²) in [6, 6.07) is 8.81. The summed E-state index contributed by atoms with van der Waals surface area (Å²) in [6.45, 7) is 13.5. The first-order valence-electron chi connectivity index (χ1n) is 10.2. The van der Waals surface area contributed by atoms with E-state index in [2.05, 4.69) is 57.7 Å². The van der Waals surface area contributed by atoms with Crippen molar-refractivity contribution >= 4 is 17.7 Å². The van der Waals surface area contributed by atoms with Gasteiger partial charge in [-0.2, -0.15) is 5.26 Å². The Labute approximate surface area is 168 Å². The molecule has 0 aromatic heterocycles. The van der Waals surface area contributed by atoms with Crippen molar-refractivity contribution in [2.45, 2.75) is 58.5 Å². The maximum absolute atomic E-state index is 12.7. The second-order valence-corrected chi connectivity index (χ2v) is 8.77. The molecule has 0 aliphatic carbocycles. The molecular weight excluding hydrogens is 350 g/mol. The topological polar surface area (TPSA) is 56.6 Å². The van der Waals surface area contributed by atoms with E-state index in [0.29, 0.717) is 38.3 Å². The van der Waals surface area contributed by atoms with E-state index in [1.807, 2.05) is 6.07 Å². The van der Waals surface area contributed by atoms with E-state index in [9.17, 15) is 10.1 Å². The Morgan fingerprint density at radius 3 is 2.61 bits per heavy atom. The van der Waals surface area contributed by atoms with Gasteiger partial charge in [-0.15, -0.1) is 0 Å². The Bertz CT molecular complexity index is 814. The number of hydrogen-bond donors (Lipinski definition) is 0. The van der Waals surface area contributed by atoms with Crippen LogP contribution in [0.4, 0.5) is 5.69 Å². The van der Waals surface area contributed by atoms with Gasteiger partial charge >= 0.3 is 0 Å². The van der Waals surface area contributed by atoms with Crippen LogP contribution in [0.1, 0.15) is 58.1 Å². The summed E-state index contributed by atoms with van der Waals surface area (Å²) in [5, 5.41) is 9.56. The van der Waals surface area contributed by atoms with Crippen LogP contribution in [0.25, 0.3) is 6.08 Å². The lowest BCUT2D eigenvalue weighted by Gasteiger charge is -2.50. The van der Waals surface area contributed by atoms with E-state index in [4.69, 9.17) is 4.74 Å². The molecule has 1 saturated heterocycles. The van der Waals surface area contributed by atoms with Crippen molar-refractivity contribution in [3.8, 4) is 6.07 Å². The number of hydrogen-bond acceptors (Lipinski definition) is 4. The van der Waals surface area contributed by atoms with Gasteiger partial charge in [-0.05, 0) is 69.4 Å². The monoisotopic (exact) mass is 381 g/mol. The molecule has 0 unspecified atom stereocenters. The minimum atomic E-state index is -0.207. The lowest BCUT2D eigenvalue weighted by molar-refractivity contribution is -0.130. The largest absolute Gasteiger partial charge is 0.378 e. The van der Waals surface area contributed by atoms with Crippen molar-refractivity contribution in [1.29, 1.82) is 5.26 Å². The Balaban J connectivity index is 1.94. The fraction of sp³-hybridized carbons (Fsp3) is 0.565. The number of morpholine rings is 1. The minimum Gasteiger partial charge on any atom is -0.378 e. The Morgan fingerprint density at radius 2 is 2.00 bits per heavy atom. The molecule has 1 atom stereocenters. The highest BCUT2D eigenvalue weighted by molar-refractivity contribution is 6.01.